The molecule has 29 heavy (non-hydrogen) atoms. The van der Waals surface area contributed by atoms with E-state index >= 15 is 0 Å². The summed E-state index contributed by atoms with van der Waals surface area (Å²) in [6.45, 7) is 3.52. The quantitative estimate of drug-likeness (QED) is 0.328. The number of amides is 2. The zero-order valence-electron chi connectivity index (χ0n) is 16.9. The Bertz CT molecular complexity index is 699. The van der Waals surface area contributed by atoms with Gasteiger partial charge in [-0.05, 0) is 44.5 Å². The summed E-state index contributed by atoms with van der Waals surface area (Å²) in [6.07, 6.45) is -0.358. The Balaban J connectivity index is 3.00. The molecule has 4 atom stereocenters. The number of benzene rings is 1. The predicted octanol–water partition coefficient (Wildman–Crippen LogP) is 0.451. The molecule has 2 amide bonds. The number of hydrogen-bond donors (Lipinski definition) is 5. The molecule has 8 nitrogen and oxygen atoms in total. The van der Waals surface area contributed by atoms with E-state index in [2.05, 4.69) is 10.6 Å². The van der Waals surface area contributed by atoms with E-state index in [1.165, 1.54) is 6.92 Å². The van der Waals surface area contributed by atoms with E-state index in [0.717, 1.165) is 0 Å². The van der Waals surface area contributed by atoms with Gasteiger partial charge in [0.2, 0.25) is 11.8 Å². The lowest BCUT2D eigenvalue weighted by atomic mass is 9.94. The molecule has 0 saturated heterocycles. The Morgan fingerprint density at radius 2 is 1.69 bits per heavy atom. The van der Waals surface area contributed by atoms with Gasteiger partial charge in [-0.3, -0.25) is 14.4 Å². The van der Waals surface area contributed by atoms with Crippen LogP contribution in [0.5, 0.6) is 0 Å². The first-order valence-electron chi connectivity index (χ1n) is 9.72. The average molecular weight is 427 g/mol. The molecule has 1 aromatic rings. The van der Waals surface area contributed by atoms with E-state index in [0.29, 0.717) is 17.0 Å². The van der Waals surface area contributed by atoms with Gasteiger partial charge in [-0.1, -0.05) is 36.7 Å². The van der Waals surface area contributed by atoms with Crippen LogP contribution in [0.4, 0.5) is 0 Å². The lowest BCUT2D eigenvalue weighted by molar-refractivity contribution is -0.134. The molecule has 0 aromatic heterocycles. The second-order valence-corrected chi connectivity index (χ2v) is 7.24. The topological polar surface area (TPSA) is 148 Å². The molecule has 1 rings (SSSR count). The zero-order valence-corrected chi connectivity index (χ0v) is 17.6. The van der Waals surface area contributed by atoms with Gasteiger partial charge < -0.3 is 27.2 Å². The van der Waals surface area contributed by atoms with Gasteiger partial charge in [0.25, 0.3) is 0 Å². The summed E-state index contributed by atoms with van der Waals surface area (Å²) in [6, 6.07) is 4.88. The number of aliphatic hydroxyl groups is 1. The van der Waals surface area contributed by atoms with Gasteiger partial charge in [0.1, 0.15) is 6.04 Å². The molecule has 0 aliphatic carbocycles. The highest BCUT2D eigenvalue weighted by Gasteiger charge is 2.32. The highest BCUT2D eigenvalue weighted by atomic mass is 35.5. The molecule has 0 bridgehead atoms. The molecule has 0 aliphatic heterocycles. The number of halogens is 1. The third kappa shape index (κ3) is 7.40. The smallest absolute Gasteiger partial charge is 0.245 e. The monoisotopic (exact) mass is 426 g/mol. The molecule has 1 aromatic carbocycles. The molecular weight excluding hydrogens is 396 g/mol. The summed E-state index contributed by atoms with van der Waals surface area (Å²) >= 11 is 6.22. The fourth-order valence-corrected chi connectivity index (χ4v) is 3.27. The Kier molecular flexibility index (Phi) is 10.8. The van der Waals surface area contributed by atoms with Crippen molar-refractivity contribution in [2.75, 3.05) is 13.1 Å². The van der Waals surface area contributed by atoms with Gasteiger partial charge in [0.15, 0.2) is 5.78 Å². The van der Waals surface area contributed by atoms with E-state index in [1.54, 1.807) is 31.2 Å². The van der Waals surface area contributed by atoms with Crippen molar-refractivity contribution in [3.8, 4) is 0 Å². The minimum absolute atomic E-state index is 0.170. The van der Waals surface area contributed by atoms with Crippen molar-refractivity contribution in [1.82, 2.24) is 10.6 Å². The van der Waals surface area contributed by atoms with Crippen LogP contribution in [0.2, 0.25) is 5.02 Å². The van der Waals surface area contributed by atoms with Crippen molar-refractivity contribution in [2.24, 2.45) is 11.5 Å². The summed E-state index contributed by atoms with van der Waals surface area (Å²) in [4.78, 5) is 37.6. The van der Waals surface area contributed by atoms with Crippen LogP contribution in [0.25, 0.3) is 0 Å². The summed E-state index contributed by atoms with van der Waals surface area (Å²) < 4.78 is 0. The largest absolute Gasteiger partial charge is 0.391 e. The standard InChI is InChI=1S/C20H31ClN4O4/c1-3-17(27)16(9-11-23)24-20(29)18(12(2)26)25-19(28)14(8-10-22)13-6-4-5-7-15(13)21/h4-7,12,14,16,18,26H,3,8-11,22-23H2,1-2H3,(H,24,29)(H,25,28)/t12?,14?,16-,18-/m0/s1. The molecule has 162 valence electrons. The SMILES string of the molecule is CCC(=O)[C@H](CCN)NC(=O)[C@@H](NC(=O)C(CCN)c1ccccc1Cl)C(C)O. The van der Waals surface area contributed by atoms with E-state index in [4.69, 9.17) is 23.1 Å². The van der Waals surface area contributed by atoms with E-state index in [1.807, 2.05) is 0 Å². The number of aliphatic hydroxyl groups excluding tert-OH is 1. The van der Waals surface area contributed by atoms with Crippen molar-refractivity contribution >= 4 is 29.2 Å². The van der Waals surface area contributed by atoms with Gasteiger partial charge in [-0.25, -0.2) is 0 Å². The van der Waals surface area contributed by atoms with Gasteiger partial charge >= 0.3 is 0 Å². The molecule has 0 radical (unpaired) electrons. The first-order chi connectivity index (χ1) is 13.8. The van der Waals surface area contributed by atoms with Crippen LogP contribution in [0.15, 0.2) is 24.3 Å². The fourth-order valence-electron chi connectivity index (χ4n) is 3.00. The first-order valence-corrected chi connectivity index (χ1v) is 10.1. The number of carbonyl (C=O) groups is 3. The van der Waals surface area contributed by atoms with E-state index < -0.39 is 35.9 Å². The Hall–Kier alpha value is -2.00. The van der Waals surface area contributed by atoms with E-state index in [-0.39, 0.29) is 31.7 Å². The average Bonchev–Trinajstić information content (AvgIpc) is 2.69. The van der Waals surface area contributed by atoms with Crippen molar-refractivity contribution < 1.29 is 19.5 Å². The lowest BCUT2D eigenvalue weighted by Crippen LogP contribution is -2.56. The molecule has 0 saturated carbocycles. The summed E-state index contributed by atoms with van der Waals surface area (Å²) in [5, 5.41) is 15.6. The maximum atomic E-state index is 12.9. The minimum Gasteiger partial charge on any atom is -0.391 e. The lowest BCUT2D eigenvalue weighted by Gasteiger charge is -2.26. The highest BCUT2D eigenvalue weighted by molar-refractivity contribution is 6.31. The number of rotatable bonds is 12. The molecule has 2 unspecified atom stereocenters. The van der Waals surface area contributed by atoms with Crippen molar-refractivity contribution in [2.45, 2.75) is 57.2 Å². The van der Waals surface area contributed by atoms with Crippen LogP contribution in [0.3, 0.4) is 0 Å². The van der Waals surface area contributed by atoms with Crippen LogP contribution in [-0.4, -0.2) is 54.0 Å². The fraction of sp³-hybridized carbons (Fsp3) is 0.550. The van der Waals surface area contributed by atoms with Gasteiger partial charge in [-0.15, -0.1) is 0 Å². The summed E-state index contributed by atoms with van der Waals surface area (Å²) in [7, 11) is 0. The molecule has 0 heterocycles. The maximum absolute atomic E-state index is 12.9. The van der Waals surface area contributed by atoms with Crippen LogP contribution in [0.1, 0.15) is 44.6 Å². The number of carbonyl (C=O) groups excluding carboxylic acids is 3. The number of Topliss-reactive ketones (excluding diaryl/α,β-unsaturated/α-hetero) is 1. The van der Waals surface area contributed by atoms with Crippen LogP contribution >= 0.6 is 11.6 Å². The molecular formula is C20H31ClN4O4. The third-order valence-electron chi connectivity index (χ3n) is 4.62. The zero-order chi connectivity index (χ0) is 22.0. The normalized spacial score (nSPS) is 15.1. The second-order valence-electron chi connectivity index (χ2n) is 6.84. The number of nitrogens with two attached hydrogens (primary N) is 2. The molecule has 0 spiro atoms. The van der Waals surface area contributed by atoms with Crippen molar-refractivity contribution in [3.05, 3.63) is 34.9 Å². The molecule has 0 aliphatic rings. The molecule has 9 heteroatoms. The Labute approximate surface area is 176 Å². The third-order valence-corrected chi connectivity index (χ3v) is 4.97. The molecule has 7 N–H and O–H groups in total. The van der Waals surface area contributed by atoms with Gasteiger partial charge in [0, 0.05) is 11.4 Å². The van der Waals surface area contributed by atoms with Gasteiger partial charge in [0.05, 0.1) is 18.1 Å². The van der Waals surface area contributed by atoms with Crippen LogP contribution < -0.4 is 22.1 Å². The van der Waals surface area contributed by atoms with E-state index in [9.17, 15) is 19.5 Å². The summed E-state index contributed by atoms with van der Waals surface area (Å²) in [5.74, 6) is -1.99. The Morgan fingerprint density at radius 1 is 1.07 bits per heavy atom. The predicted molar refractivity (Wildman–Crippen MR) is 112 cm³/mol. The van der Waals surface area contributed by atoms with Crippen molar-refractivity contribution in [3.63, 3.8) is 0 Å². The van der Waals surface area contributed by atoms with Gasteiger partial charge in [-0.2, -0.15) is 0 Å². The Morgan fingerprint density at radius 3 is 2.21 bits per heavy atom. The van der Waals surface area contributed by atoms with Crippen molar-refractivity contribution in [1.29, 1.82) is 0 Å². The maximum Gasteiger partial charge on any atom is 0.245 e. The highest BCUT2D eigenvalue weighted by Crippen LogP contribution is 2.27. The minimum atomic E-state index is -1.24. The summed E-state index contributed by atoms with van der Waals surface area (Å²) in [5.41, 5.74) is 11.8. The van der Waals surface area contributed by atoms with Crippen LogP contribution in [-0.2, 0) is 14.4 Å². The molecule has 0 fully saturated rings. The van der Waals surface area contributed by atoms with Crippen LogP contribution in [0, 0.1) is 0 Å². The first kappa shape index (κ1) is 25.0. The second kappa shape index (κ2) is 12.5. The number of hydrogen-bond acceptors (Lipinski definition) is 6. The number of nitrogens with one attached hydrogen (secondary N) is 2. The number of ketones is 1.